The van der Waals surface area contributed by atoms with Gasteiger partial charge in [0.25, 0.3) is 0 Å². The largest absolute Gasteiger partial charge is 0.363 e. The third-order valence-corrected chi connectivity index (χ3v) is 2.11. The van der Waals surface area contributed by atoms with Crippen LogP contribution in [-0.2, 0) is 19.4 Å². The molecule has 0 bridgehead atoms. The van der Waals surface area contributed by atoms with Gasteiger partial charge in [-0.15, -0.1) is 0 Å². The average Bonchev–Trinajstić information content (AvgIpc) is 2.45. The van der Waals surface area contributed by atoms with Gasteiger partial charge < -0.3 is 10.7 Å². The number of nitrogens with one attached hydrogen (secondary N) is 1. The number of rotatable bonds is 3. The van der Waals surface area contributed by atoms with Gasteiger partial charge in [0, 0.05) is 18.4 Å². The minimum atomic E-state index is 0.628. The Hall–Kier alpha value is -0.760. The van der Waals surface area contributed by atoms with Crippen LogP contribution in [0.2, 0.25) is 0 Å². The van der Waals surface area contributed by atoms with Crippen LogP contribution in [0, 0.1) is 0 Å². The Morgan fingerprint density at radius 3 is 2.55 bits per heavy atom. The van der Waals surface area contributed by atoms with Crippen molar-refractivity contribution in [1.82, 2.24) is 4.98 Å². The van der Waals surface area contributed by atoms with E-state index in [4.69, 9.17) is 5.73 Å². The second kappa shape index (κ2) is 3.58. The number of nitrogens with two attached hydrogens (primary N) is 1. The lowest BCUT2D eigenvalue weighted by atomic mass is 10.1. The standard InChI is InChI=1S/C9H16N2/c1-3-7-6-11-9(5-10)8(7)4-2/h6,11H,3-5,10H2,1-2H3. The molecule has 0 aromatic carbocycles. The molecule has 2 nitrogen and oxygen atoms in total. The fourth-order valence-corrected chi connectivity index (χ4v) is 1.48. The molecule has 1 rings (SSSR count). The summed E-state index contributed by atoms with van der Waals surface area (Å²) in [4.78, 5) is 3.20. The van der Waals surface area contributed by atoms with Crippen LogP contribution in [0.25, 0.3) is 0 Å². The van der Waals surface area contributed by atoms with Crippen LogP contribution in [0.3, 0.4) is 0 Å². The van der Waals surface area contributed by atoms with Gasteiger partial charge in [0.1, 0.15) is 0 Å². The normalized spacial score (nSPS) is 10.5. The van der Waals surface area contributed by atoms with Gasteiger partial charge in [-0.3, -0.25) is 0 Å². The van der Waals surface area contributed by atoms with Crippen molar-refractivity contribution >= 4 is 0 Å². The van der Waals surface area contributed by atoms with Crippen LogP contribution in [0.1, 0.15) is 30.7 Å². The van der Waals surface area contributed by atoms with Gasteiger partial charge >= 0.3 is 0 Å². The molecule has 1 aromatic rings. The van der Waals surface area contributed by atoms with Crippen LogP contribution < -0.4 is 5.73 Å². The molecule has 1 aromatic heterocycles. The van der Waals surface area contributed by atoms with E-state index in [0.717, 1.165) is 12.8 Å². The lowest BCUT2D eigenvalue weighted by Crippen LogP contribution is -2.00. The molecule has 0 aliphatic heterocycles. The van der Waals surface area contributed by atoms with Gasteiger partial charge in [-0.1, -0.05) is 13.8 Å². The van der Waals surface area contributed by atoms with Gasteiger partial charge in [-0.05, 0) is 24.0 Å². The van der Waals surface area contributed by atoms with Crippen molar-refractivity contribution in [3.8, 4) is 0 Å². The number of H-pyrrole nitrogens is 1. The maximum absolute atomic E-state index is 5.56. The summed E-state index contributed by atoms with van der Waals surface area (Å²) in [7, 11) is 0. The monoisotopic (exact) mass is 152 g/mol. The van der Waals surface area contributed by atoms with Crippen LogP contribution in [-0.4, -0.2) is 4.98 Å². The van der Waals surface area contributed by atoms with Gasteiger partial charge in [-0.2, -0.15) is 0 Å². The Bertz CT molecular complexity index is 204. The molecule has 0 aliphatic rings. The molecule has 0 spiro atoms. The summed E-state index contributed by atoms with van der Waals surface area (Å²) in [6.45, 7) is 4.97. The van der Waals surface area contributed by atoms with E-state index in [-0.39, 0.29) is 0 Å². The summed E-state index contributed by atoms with van der Waals surface area (Å²) in [5.41, 5.74) is 9.58. The molecule has 11 heavy (non-hydrogen) atoms. The zero-order valence-corrected chi connectivity index (χ0v) is 7.28. The number of aryl methyl sites for hydroxylation is 1. The second-order valence-corrected chi connectivity index (χ2v) is 2.68. The lowest BCUT2D eigenvalue weighted by Gasteiger charge is -1.99. The maximum atomic E-state index is 5.56. The van der Waals surface area contributed by atoms with Gasteiger partial charge in [-0.25, -0.2) is 0 Å². The summed E-state index contributed by atoms with van der Waals surface area (Å²) in [6.07, 6.45) is 4.25. The van der Waals surface area contributed by atoms with Crippen molar-refractivity contribution in [2.75, 3.05) is 0 Å². The number of aromatic nitrogens is 1. The van der Waals surface area contributed by atoms with Gasteiger partial charge in [0.05, 0.1) is 0 Å². The fourth-order valence-electron chi connectivity index (χ4n) is 1.48. The van der Waals surface area contributed by atoms with Crippen molar-refractivity contribution < 1.29 is 0 Å². The SMILES string of the molecule is CCc1c[nH]c(CN)c1CC. The third-order valence-electron chi connectivity index (χ3n) is 2.11. The van der Waals surface area contributed by atoms with Crippen molar-refractivity contribution in [3.05, 3.63) is 23.0 Å². The Kier molecular flexibility index (Phi) is 2.71. The highest BCUT2D eigenvalue weighted by Gasteiger charge is 2.05. The quantitative estimate of drug-likeness (QED) is 0.678. The number of hydrogen-bond donors (Lipinski definition) is 2. The van der Waals surface area contributed by atoms with Crippen LogP contribution >= 0.6 is 0 Å². The predicted octanol–water partition coefficient (Wildman–Crippen LogP) is 1.60. The molecule has 1 heterocycles. The molecule has 0 radical (unpaired) electrons. The first-order valence-electron chi connectivity index (χ1n) is 4.21. The molecule has 0 saturated carbocycles. The molecule has 0 saturated heterocycles. The first-order valence-corrected chi connectivity index (χ1v) is 4.21. The van der Waals surface area contributed by atoms with E-state index >= 15 is 0 Å². The van der Waals surface area contributed by atoms with Crippen molar-refractivity contribution in [2.24, 2.45) is 5.73 Å². The molecule has 3 N–H and O–H groups in total. The molecule has 0 fully saturated rings. The molecular weight excluding hydrogens is 136 g/mol. The van der Waals surface area contributed by atoms with E-state index in [1.807, 2.05) is 0 Å². The molecule has 0 unspecified atom stereocenters. The van der Waals surface area contributed by atoms with E-state index < -0.39 is 0 Å². The van der Waals surface area contributed by atoms with Gasteiger partial charge in [0.15, 0.2) is 0 Å². The minimum absolute atomic E-state index is 0.628. The average molecular weight is 152 g/mol. The van der Waals surface area contributed by atoms with Crippen molar-refractivity contribution in [2.45, 2.75) is 33.2 Å². The maximum Gasteiger partial charge on any atom is 0.0335 e. The number of hydrogen-bond acceptors (Lipinski definition) is 1. The first kappa shape index (κ1) is 8.34. The Morgan fingerprint density at radius 2 is 2.09 bits per heavy atom. The highest BCUT2D eigenvalue weighted by atomic mass is 14.7. The Balaban J connectivity index is 2.99. The van der Waals surface area contributed by atoms with E-state index in [0.29, 0.717) is 6.54 Å². The van der Waals surface area contributed by atoms with E-state index in [2.05, 4.69) is 25.0 Å². The molecule has 2 heteroatoms. The van der Waals surface area contributed by atoms with E-state index in [9.17, 15) is 0 Å². The summed E-state index contributed by atoms with van der Waals surface area (Å²) in [5.74, 6) is 0. The van der Waals surface area contributed by atoms with E-state index in [1.54, 1.807) is 0 Å². The summed E-state index contributed by atoms with van der Waals surface area (Å²) < 4.78 is 0. The third kappa shape index (κ3) is 1.46. The minimum Gasteiger partial charge on any atom is -0.363 e. The van der Waals surface area contributed by atoms with E-state index in [1.165, 1.54) is 16.8 Å². The summed E-state index contributed by atoms with van der Waals surface area (Å²) in [6, 6.07) is 0. The first-order chi connectivity index (χ1) is 5.33. The molecule has 0 atom stereocenters. The number of aromatic amines is 1. The van der Waals surface area contributed by atoms with Crippen LogP contribution in [0.4, 0.5) is 0 Å². The molecule has 0 amide bonds. The predicted molar refractivity (Wildman–Crippen MR) is 47.4 cm³/mol. The van der Waals surface area contributed by atoms with Gasteiger partial charge in [0.2, 0.25) is 0 Å². The second-order valence-electron chi connectivity index (χ2n) is 2.68. The summed E-state index contributed by atoms with van der Waals surface area (Å²) in [5, 5.41) is 0. The fraction of sp³-hybridized carbons (Fsp3) is 0.556. The highest BCUT2D eigenvalue weighted by Crippen LogP contribution is 2.14. The Labute approximate surface area is 67.8 Å². The topological polar surface area (TPSA) is 41.8 Å². The van der Waals surface area contributed by atoms with Crippen molar-refractivity contribution in [1.29, 1.82) is 0 Å². The van der Waals surface area contributed by atoms with Crippen LogP contribution in [0.5, 0.6) is 0 Å². The molecule has 0 aliphatic carbocycles. The zero-order valence-electron chi connectivity index (χ0n) is 7.28. The molecule has 62 valence electrons. The highest BCUT2D eigenvalue weighted by molar-refractivity contribution is 5.30. The zero-order chi connectivity index (χ0) is 8.27. The van der Waals surface area contributed by atoms with Crippen LogP contribution in [0.15, 0.2) is 6.20 Å². The molecular formula is C9H16N2. The van der Waals surface area contributed by atoms with Crippen molar-refractivity contribution in [3.63, 3.8) is 0 Å². The summed E-state index contributed by atoms with van der Waals surface area (Å²) >= 11 is 0. The lowest BCUT2D eigenvalue weighted by molar-refractivity contribution is 0.957. The smallest absolute Gasteiger partial charge is 0.0335 e. The Morgan fingerprint density at radius 1 is 1.36 bits per heavy atom.